The van der Waals surface area contributed by atoms with Crippen LogP contribution in [0, 0.1) is 145 Å². The Balaban J connectivity index is 0.000000187. The van der Waals surface area contributed by atoms with E-state index in [1.165, 1.54) is 85.5 Å². The molecule has 6 aromatic heterocycles. The van der Waals surface area contributed by atoms with Gasteiger partial charge in [0.05, 0.1) is 11.2 Å². The number of aromatic nitrogens is 4. The predicted molar refractivity (Wildman–Crippen MR) is 522 cm³/mol. The molecular formula is C118H116Ir2N4O2-4. The molecule has 6 heterocycles. The molecule has 11 aromatic carbocycles. The summed E-state index contributed by atoms with van der Waals surface area (Å²) >= 11 is 0. The van der Waals surface area contributed by atoms with E-state index in [-0.39, 0.29) is 140 Å². The second-order valence-electron chi connectivity index (χ2n) is 34.1. The third-order valence-electron chi connectivity index (χ3n) is 24.0. The normalized spacial score (nSPS) is 19.4. The minimum absolute atomic E-state index is 0. The van der Waals surface area contributed by atoms with E-state index in [1.807, 2.05) is 68.4 Å². The monoisotopic (exact) mass is 2040 g/mol. The van der Waals surface area contributed by atoms with Gasteiger partial charge in [-0.25, -0.2) is 0 Å². The minimum atomic E-state index is -2.75. The summed E-state index contributed by atoms with van der Waals surface area (Å²) in [6.45, 7) is -8.57. The van der Waals surface area contributed by atoms with Crippen LogP contribution < -0.4 is 0 Å². The van der Waals surface area contributed by atoms with E-state index in [0.29, 0.717) is 111 Å². The van der Waals surface area contributed by atoms with Gasteiger partial charge in [0.1, 0.15) is 11.2 Å². The molecule has 0 atom stereocenters. The first-order valence-corrected chi connectivity index (χ1v) is 41.4. The maximum atomic E-state index is 9.31. The van der Waals surface area contributed by atoms with E-state index >= 15 is 0 Å². The van der Waals surface area contributed by atoms with E-state index in [1.54, 1.807) is 112 Å². The van der Waals surface area contributed by atoms with Crippen molar-refractivity contribution in [1.29, 1.82) is 0 Å². The number of rotatable bonds is 11. The summed E-state index contributed by atoms with van der Waals surface area (Å²) in [4.78, 5) is 17.3. The Hall–Kier alpha value is -11.1. The molecule has 8 heteroatoms. The summed E-state index contributed by atoms with van der Waals surface area (Å²) in [7, 11) is 0. The van der Waals surface area contributed by atoms with Crippen molar-refractivity contribution in [3.63, 3.8) is 0 Å². The van der Waals surface area contributed by atoms with Crippen molar-refractivity contribution in [2.75, 3.05) is 0 Å². The van der Waals surface area contributed by atoms with Crippen molar-refractivity contribution in [2.24, 2.45) is 10.8 Å². The zero-order valence-electron chi connectivity index (χ0n) is 106. The van der Waals surface area contributed by atoms with Crippen LogP contribution in [0.25, 0.3) is 145 Å². The molecule has 2 saturated carbocycles. The number of hydrogen-bond donors (Lipinski definition) is 0. The Bertz CT molecular complexity index is 8090. The average Bonchev–Trinajstić information content (AvgIpc) is 1.65. The second-order valence-corrected chi connectivity index (χ2v) is 34.1. The van der Waals surface area contributed by atoms with Gasteiger partial charge >= 0.3 is 0 Å². The number of fused-ring (bicyclic) bond motifs is 6. The summed E-state index contributed by atoms with van der Waals surface area (Å²) in [6.07, 6.45) is 12.0. The van der Waals surface area contributed by atoms with Crippen LogP contribution in [0.1, 0.15) is 239 Å². The number of furan rings is 2. The Morgan fingerprint density at radius 1 is 0.325 bits per heavy atom. The molecule has 0 amide bonds. The van der Waals surface area contributed by atoms with Gasteiger partial charge in [-0.05, 0) is 350 Å². The summed E-state index contributed by atoms with van der Waals surface area (Å²) in [5.74, 6) is -1.37. The Morgan fingerprint density at radius 3 is 1.16 bits per heavy atom. The van der Waals surface area contributed by atoms with Crippen molar-refractivity contribution in [1.82, 2.24) is 19.9 Å². The molecule has 0 aliphatic heterocycles. The molecular weight excluding hydrogens is 1890 g/mol. The van der Waals surface area contributed by atoms with Gasteiger partial charge in [0.15, 0.2) is 0 Å². The van der Waals surface area contributed by atoms with Crippen molar-refractivity contribution in [2.45, 2.75) is 201 Å². The van der Waals surface area contributed by atoms with E-state index < -0.39 is 87.2 Å². The van der Waals surface area contributed by atoms with Crippen LogP contribution in [0.4, 0.5) is 0 Å². The minimum Gasteiger partial charge on any atom is -0.501 e. The van der Waals surface area contributed by atoms with Gasteiger partial charge < -0.3 is 28.8 Å². The third kappa shape index (κ3) is 19.9. The Labute approximate surface area is 824 Å². The predicted octanol–water partition coefficient (Wildman–Crippen LogP) is 32.6. The van der Waals surface area contributed by atoms with Crippen LogP contribution in [-0.2, 0) is 40.2 Å². The molecule has 2 aliphatic rings. The fourth-order valence-electron chi connectivity index (χ4n) is 17.1. The van der Waals surface area contributed by atoms with E-state index in [9.17, 15) is 2.74 Å². The number of aryl methyl sites for hydroxylation is 16. The molecule has 2 radical (unpaired) electrons. The van der Waals surface area contributed by atoms with Crippen molar-refractivity contribution < 1.29 is 97.0 Å². The fraction of sp³-hybridized carbons (Fsp3) is 0.271. The first-order valence-electron chi connectivity index (χ1n) is 58.9. The molecule has 0 unspecified atom stereocenters. The van der Waals surface area contributed by atoms with Gasteiger partial charge in [-0.3, -0.25) is 0 Å². The summed E-state index contributed by atoms with van der Waals surface area (Å²) in [5.41, 5.74) is 16.0. The van der Waals surface area contributed by atoms with Crippen LogP contribution >= 0.6 is 0 Å². The molecule has 0 spiro atoms. The summed E-state index contributed by atoms with van der Waals surface area (Å²) in [5, 5.41) is 2.85. The van der Waals surface area contributed by atoms with E-state index in [4.69, 9.17) is 54.1 Å². The zero-order valence-corrected chi connectivity index (χ0v) is 76.2. The number of hydrogen-bond acceptors (Lipinski definition) is 6. The smallest absolute Gasteiger partial charge is 0.121 e. The number of benzene rings is 11. The van der Waals surface area contributed by atoms with Crippen LogP contribution in [-0.4, -0.2) is 19.9 Å². The topological polar surface area (TPSA) is 77.8 Å². The first kappa shape index (κ1) is 56.2. The van der Waals surface area contributed by atoms with Gasteiger partial charge in [-0.2, -0.15) is 0 Å². The molecule has 0 saturated heterocycles. The van der Waals surface area contributed by atoms with Crippen molar-refractivity contribution >= 4 is 43.9 Å². The third-order valence-corrected chi connectivity index (χ3v) is 24.0. The first-order chi connectivity index (χ1) is 73.5. The number of nitrogens with zero attached hydrogens (tertiary/aromatic N) is 4. The largest absolute Gasteiger partial charge is 0.501 e. The molecule has 0 bridgehead atoms. The van der Waals surface area contributed by atoms with Gasteiger partial charge in [0.2, 0.25) is 0 Å². The molecule has 17 aromatic rings. The average molecular weight is 2040 g/mol. The van der Waals surface area contributed by atoms with E-state index in [0.717, 1.165) is 95.5 Å². The SMILES string of the molecule is [2H]C([2H])([2H])c1c[c-]c(-c2ccc(C([2H])([2H])[2H])cn2)cc1.[2H]C([2H])([2H])c1c[c-]c(-c2ccc(C([2H])([2H])[2H])cn2)cc1.[2H]C([2H])([2H])c1cc(C)c2c(c1)oc1c(-c3cc(-c4c(C)cc(-c5ccc(-c6ccc(C7([2H])CCC(C)(C)CC7)cc6C)c(C([2H])([2H])[2H])c5)cc4C([2H])([2H])[2H])c(C([2H])([2H])[2H])cn3)[c-]ccc12.[2H]C([2H])([2H])c1cc(C)c2c(c1)oc1c(-c3cc(-c4c(C)cc(-c5ccc(C6([2H])CCC(C)(C)CC6)cc5)cc4C([2H])([2H])[2H])c(C([2H])([2H])[2H])cn3)[c-]ccc12.[Ir].[Ir]. The second kappa shape index (κ2) is 38.2. The molecule has 2 aliphatic carbocycles. The summed E-state index contributed by atoms with van der Waals surface area (Å²) < 4.78 is 295. The van der Waals surface area contributed by atoms with Gasteiger partial charge in [0, 0.05) is 124 Å². The van der Waals surface area contributed by atoms with Crippen molar-refractivity contribution in [3.05, 3.63) is 355 Å². The molecule has 642 valence electrons. The quantitative estimate of drug-likeness (QED) is 0.120. The van der Waals surface area contributed by atoms with Gasteiger partial charge in [0.25, 0.3) is 0 Å². The van der Waals surface area contributed by atoms with Gasteiger partial charge in [-0.15, -0.1) is 107 Å². The van der Waals surface area contributed by atoms with Crippen LogP contribution in [0.15, 0.2) is 240 Å². The van der Waals surface area contributed by atoms with Gasteiger partial charge in [-0.1, -0.05) is 197 Å². The maximum Gasteiger partial charge on any atom is 0.121 e. The van der Waals surface area contributed by atoms with Crippen LogP contribution in [0.5, 0.6) is 0 Å². The van der Waals surface area contributed by atoms with Crippen LogP contribution in [0.3, 0.4) is 0 Å². The molecule has 19 rings (SSSR count). The van der Waals surface area contributed by atoms with E-state index in [2.05, 4.69) is 71.9 Å². The maximum absolute atomic E-state index is 9.31. The van der Waals surface area contributed by atoms with Crippen LogP contribution in [0.2, 0.25) is 0 Å². The molecule has 2 fully saturated rings. The van der Waals surface area contributed by atoms with Crippen molar-refractivity contribution in [3.8, 4) is 101 Å². The molecule has 126 heavy (non-hydrogen) atoms. The zero-order chi connectivity index (χ0) is 117. The standard InChI is InChI=1S/C50H50NO.C42H42NO.2C13H12N.2Ir/c1-29-21-32(4)48-43-12-10-11-42(49(43)52-46(48)22-29)45-27-44(35(7)28-51-45)47-33(5)25-39(26-34(47)6)38-14-16-41(31(3)24-38)40-15-13-37(23-30(40)2)36-17-19-50(8,9)20-18-36;1-25-19-26(2)40-35-10-8-9-34(41(35)44-38(40)20-25)37-23-36(29(5)24-43-37)39-27(3)21-33(22-28(39)4)31-13-11-30(12-14-31)32-15-17-42(6,7)18-16-32;2*1-10-3-6-12(7-4-10)13-8-5-11(2)9-14-13;;/h10,12-16,21-28,36H,17-20H2,1-9H3;8,10-14,19-24,32H,15-18H2,1-7H3;2*3-6,8-9H,1-2H3;;/q4*-1;;/i1D3,3D3,5D3,7D3,36D;1D3,3D3,5D3,32D;2*1D3,2D3;;. The molecule has 6 nitrogen and oxygen atoms in total. The fourth-order valence-corrected chi connectivity index (χ4v) is 17.1. The Kier molecular flexibility index (Phi) is 17.0. The Morgan fingerprint density at radius 2 is 0.730 bits per heavy atom. The summed E-state index contributed by atoms with van der Waals surface area (Å²) in [6, 6.07) is 69.1. The number of pyridine rings is 4. The molecule has 0 N–H and O–H groups in total.